The summed E-state index contributed by atoms with van der Waals surface area (Å²) < 4.78 is 32.2. The lowest BCUT2D eigenvalue weighted by Gasteiger charge is -2.21. The molecule has 0 fully saturated rings. The third-order valence-corrected chi connectivity index (χ3v) is 5.80. The number of ether oxygens (including phenoxy) is 1. The van der Waals surface area contributed by atoms with E-state index in [0.717, 1.165) is 0 Å². The molecule has 5 nitrogen and oxygen atoms in total. The number of methoxy groups -OCH3 is 1. The minimum Gasteiger partial charge on any atom is -0.468 e. The second kappa shape index (κ2) is 7.58. The SMILES string of the molecule is CCC(C)C(NS(=O)(=O)c1ccc(Cl)c(Br)c1)C(=O)OC. The molecule has 1 aromatic carbocycles. The number of sulfonamides is 1. The number of nitrogens with one attached hydrogen (secondary N) is 1. The van der Waals surface area contributed by atoms with Gasteiger partial charge in [0.2, 0.25) is 10.0 Å². The Morgan fingerprint density at radius 2 is 2.10 bits per heavy atom. The predicted octanol–water partition coefficient (Wildman–Crippen LogP) is 2.97. The van der Waals surface area contributed by atoms with Gasteiger partial charge >= 0.3 is 5.97 Å². The lowest BCUT2D eigenvalue weighted by Crippen LogP contribution is -2.45. The zero-order valence-electron chi connectivity index (χ0n) is 11.9. The standard InChI is InChI=1S/C13H17BrClNO4S/c1-4-8(2)12(13(17)20-3)16-21(18,19)9-5-6-11(15)10(14)7-9/h5-8,12,16H,4H2,1-3H3. The summed E-state index contributed by atoms with van der Waals surface area (Å²) in [6, 6.07) is 3.30. The quantitative estimate of drug-likeness (QED) is 0.748. The van der Waals surface area contributed by atoms with E-state index in [1.165, 1.54) is 25.3 Å². The van der Waals surface area contributed by atoms with E-state index in [-0.39, 0.29) is 10.8 Å². The van der Waals surface area contributed by atoms with E-state index in [1.807, 2.05) is 6.92 Å². The minimum absolute atomic E-state index is 0.0241. The van der Waals surface area contributed by atoms with E-state index in [2.05, 4.69) is 25.4 Å². The van der Waals surface area contributed by atoms with Gasteiger partial charge in [0.05, 0.1) is 17.0 Å². The fourth-order valence-electron chi connectivity index (χ4n) is 1.64. The summed E-state index contributed by atoms with van der Waals surface area (Å²) >= 11 is 9.02. The molecule has 1 aromatic rings. The van der Waals surface area contributed by atoms with Crippen molar-refractivity contribution in [3.8, 4) is 0 Å². The zero-order valence-corrected chi connectivity index (χ0v) is 15.0. The average Bonchev–Trinajstić information content (AvgIpc) is 2.45. The largest absolute Gasteiger partial charge is 0.468 e. The van der Waals surface area contributed by atoms with Crippen LogP contribution in [0.5, 0.6) is 0 Å². The van der Waals surface area contributed by atoms with Gasteiger partial charge in [-0.3, -0.25) is 4.79 Å². The highest BCUT2D eigenvalue weighted by molar-refractivity contribution is 9.10. The first-order valence-electron chi connectivity index (χ1n) is 6.28. The number of carbonyl (C=O) groups excluding carboxylic acids is 1. The van der Waals surface area contributed by atoms with Crippen LogP contribution in [0.25, 0.3) is 0 Å². The maximum absolute atomic E-state index is 12.4. The van der Waals surface area contributed by atoms with Gasteiger partial charge in [-0.05, 0) is 40.0 Å². The third-order valence-electron chi connectivity index (χ3n) is 3.15. The molecule has 1 N–H and O–H groups in total. The van der Waals surface area contributed by atoms with Crippen molar-refractivity contribution < 1.29 is 17.9 Å². The molecule has 21 heavy (non-hydrogen) atoms. The van der Waals surface area contributed by atoms with Crippen molar-refractivity contribution in [2.45, 2.75) is 31.2 Å². The molecule has 0 radical (unpaired) electrons. The van der Waals surface area contributed by atoms with Crippen LogP contribution in [-0.4, -0.2) is 27.5 Å². The molecule has 2 atom stereocenters. The summed E-state index contributed by atoms with van der Waals surface area (Å²) in [6.07, 6.45) is 0.632. The Kier molecular flexibility index (Phi) is 6.65. The van der Waals surface area contributed by atoms with Crippen molar-refractivity contribution in [1.29, 1.82) is 0 Å². The van der Waals surface area contributed by atoms with E-state index >= 15 is 0 Å². The molecular formula is C13H17BrClNO4S. The molecule has 2 unspecified atom stereocenters. The lowest BCUT2D eigenvalue weighted by molar-refractivity contribution is -0.143. The van der Waals surface area contributed by atoms with Crippen molar-refractivity contribution in [3.05, 3.63) is 27.7 Å². The fraction of sp³-hybridized carbons (Fsp3) is 0.462. The summed E-state index contributed by atoms with van der Waals surface area (Å²) in [5.41, 5.74) is 0. The van der Waals surface area contributed by atoms with Crippen molar-refractivity contribution in [2.75, 3.05) is 7.11 Å². The van der Waals surface area contributed by atoms with E-state index in [0.29, 0.717) is 15.9 Å². The molecule has 0 saturated carbocycles. The minimum atomic E-state index is -3.85. The lowest BCUT2D eigenvalue weighted by atomic mass is 10.0. The Morgan fingerprint density at radius 3 is 2.57 bits per heavy atom. The normalized spacial score (nSPS) is 14.5. The van der Waals surface area contributed by atoms with E-state index < -0.39 is 22.0 Å². The van der Waals surface area contributed by atoms with Gasteiger partial charge in [-0.1, -0.05) is 31.9 Å². The van der Waals surface area contributed by atoms with Gasteiger partial charge in [0.25, 0.3) is 0 Å². The summed E-state index contributed by atoms with van der Waals surface area (Å²) in [5, 5.41) is 0.403. The Labute approximate surface area is 138 Å². The maximum atomic E-state index is 12.4. The molecule has 0 amide bonds. The first-order valence-corrected chi connectivity index (χ1v) is 8.93. The first kappa shape index (κ1) is 18.4. The number of esters is 1. The number of carbonyl (C=O) groups is 1. The number of halogens is 2. The van der Waals surface area contributed by atoms with Crippen molar-refractivity contribution >= 4 is 43.5 Å². The van der Waals surface area contributed by atoms with Gasteiger partial charge < -0.3 is 4.74 Å². The summed E-state index contributed by atoms with van der Waals surface area (Å²) in [4.78, 5) is 11.8. The van der Waals surface area contributed by atoms with E-state index in [4.69, 9.17) is 11.6 Å². The summed E-state index contributed by atoms with van der Waals surface area (Å²) in [6.45, 7) is 3.65. The zero-order chi connectivity index (χ0) is 16.2. The molecule has 0 saturated heterocycles. The van der Waals surface area contributed by atoms with Crippen LogP contribution in [0.2, 0.25) is 5.02 Å². The van der Waals surface area contributed by atoms with Gasteiger partial charge in [-0.15, -0.1) is 0 Å². The second-order valence-electron chi connectivity index (χ2n) is 4.58. The number of hydrogen-bond donors (Lipinski definition) is 1. The topological polar surface area (TPSA) is 72.5 Å². The Hall–Kier alpha value is -0.630. The van der Waals surface area contributed by atoms with Crippen LogP contribution in [0.1, 0.15) is 20.3 Å². The van der Waals surface area contributed by atoms with Crippen LogP contribution < -0.4 is 4.72 Å². The van der Waals surface area contributed by atoms with Crippen LogP contribution in [0.3, 0.4) is 0 Å². The van der Waals surface area contributed by atoms with Gasteiger partial charge in [0, 0.05) is 4.47 Å². The molecule has 0 spiro atoms. The second-order valence-corrected chi connectivity index (χ2v) is 7.56. The van der Waals surface area contributed by atoms with Crippen LogP contribution in [0.15, 0.2) is 27.6 Å². The Bertz CT molecular complexity index is 621. The summed E-state index contributed by atoms with van der Waals surface area (Å²) in [7, 11) is -2.62. The van der Waals surface area contributed by atoms with Crippen molar-refractivity contribution in [1.82, 2.24) is 4.72 Å². The highest BCUT2D eigenvalue weighted by Crippen LogP contribution is 2.25. The molecule has 0 aliphatic rings. The average molecular weight is 399 g/mol. The molecule has 0 aliphatic carbocycles. The molecule has 8 heteroatoms. The van der Waals surface area contributed by atoms with Gasteiger partial charge in [-0.25, -0.2) is 8.42 Å². The Balaban J connectivity index is 3.11. The fourth-order valence-corrected chi connectivity index (χ4v) is 3.61. The van der Waals surface area contributed by atoms with Crippen LogP contribution in [0, 0.1) is 5.92 Å². The molecule has 0 aliphatic heterocycles. The smallest absolute Gasteiger partial charge is 0.324 e. The molecular weight excluding hydrogens is 382 g/mol. The van der Waals surface area contributed by atoms with Crippen molar-refractivity contribution in [3.63, 3.8) is 0 Å². The molecule has 118 valence electrons. The number of hydrogen-bond acceptors (Lipinski definition) is 4. The van der Waals surface area contributed by atoms with Crippen LogP contribution >= 0.6 is 27.5 Å². The van der Waals surface area contributed by atoms with E-state index in [9.17, 15) is 13.2 Å². The first-order chi connectivity index (χ1) is 9.72. The molecule has 0 aromatic heterocycles. The highest BCUT2D eigenvalue weighted by atomic mass is 79.9. The summed E-state index contributed by atoms with van der Waals surface area (Å²) in [5.74, 6) is -0.802. The Morgan fingerprint density at radius 1 is 1.48 bits per heavy atom. The monoisotopic (exact) mass is 397 g/mol. The van der Waals surface area contributed by atoms with Crippen molar-refractivity contribution in [2.24, 2.45) is 5.92 Å². The number of rotatable bonds is 6. The highest BCUT2D eigenvalue weighted by Gasteiger charge is 2.30. The third kappa shape index (κ3) is 4.67. The predicted molar refractivity (Wildman–Crippen MR) is 84.7 cm³/mol. The van der Waals surface area contributed by atoms with E-state index in [1.54, 1.807) is 6.92 Å². The molecule has 0 bridgehead atoms. The molecule has 0 heterocycles. The van der Waals surface area contributed by atoms with Gasteiger partial charge in [0.15, 0.2) is 0 Å². The maximum Gasteiger partial charge on any atom is 0.324 e. The van der Waals surface area contributed by atoms with Crippen LogP contribution in [-0.2, 0) is 19.6 Å². The van der Waals surface area contributed by atoms with Gasteiger partial charge in [-0.2, -0.15) is 4.72 Å². The van der Waals surface area contributed by atoms with Crippen LogP contribution in [0.4, 0.5) is 0 Å². The number of benzene rings is 1. The van der Waals surface area contributed by atoms with Gasteiger partial charge in [0.1, 0.15) is 6.04 Å². The molecule has 1 rings (SSSR count).